The van der Waals surface area contributed by atoms with Gasteiger partial charge in [-0.15, -0.1) is 0 Å². The molecule has 2 rings (SSSR count). The van der Waals surface area contributed by atoms with E-state index in [9.17, 15) is 4.79 Å². The molecule has 1 unspecified atom stereocenters. The van der Waals surface area contributed by atoms with E-state index >= 15 is 0 Å². The molecule has 0 spiro atoms. The first-order valence-corrected chi connectivity index (χ1v) is 6.50. The predicted octanol–water partition coefficient (Wildman–Crippen LogP) is 1.27. The summed E-state index contributed by atoms with van der Waals surface area (Å²) in [6, 6.07) is 1.90. The summed E-state index contributed by atoms with van der Waals surface area (Å²) < 4.78 is 8.39. The summed E-state index contributed by atoms with van der Waals surface area (Å²) in [6.45, 7) is 4.64. The van der Waals surface area contributed by atoms with E-state index in [1.807, 2.05) is 35.4 Å². The molecule has 7 heteroatoms. The van der Waals surface area contributed by atoms with Gasteiger partial charge in [0.25, 0.3) is 0 Å². The number of aromatic nitrogens is 4. The highest BCUT2D eigenvalue weighted by molar-refractivity contribution is 5.92. The Labute approximate surface area is 117 Å². The van der Waals surface area contributed by atoms with Gasteiger partial charge < -0.3 is 15.0 Å². The summed E-state index contributed by atoms with van der Waals surface area (Å²) in [5, 5.41) is 4.18. The number of ether oxygens (including phenoxy) is 1. The first-order valence-electron chi connectivity index (χ1n) is 6.50. The quantitative estimate of drug-likeness (QED) is 0.831. The number of aryl methyl sites for hydroxylation is 1. The monoisotopic (exact) mass is 277 g/mol. The van der Waals surface area contributed by atoms with Crippen molar-refractivity contribution in [2.24, 2.45) is 0 Å². The van der Waals surface area contributed by atoms with Crippen molar-refractivity contribution >= 4 is 11.8 Å². The highest BCUT2D eigenvalue weighted by Crippen LogP contribution is 2.22. The van der Waals surface area contributed by atoms with Gasteiger partial charge in [-0.25, -0.2) is 9.78 Å². The van der Waals surface area contributed by atoms with Crippen molar-refractivity contribution in [3.05, 3.63) is 30.0 Å². The Morgan fingerprint density at radius 1 is 1.55 bits per heavy atom. The second kappa shape index (κ2) is 5.77. The summed E-state index contributed by atoms with van der Waals surface area (Å²) in [4.78, 5) is 15.9. The van der Waals surface area contributed by atoms with E-state index in [0.29, 0.717) is 18.8 Å². The Balaban J connectivity index is 2.34. The molecular formula is C13H19N5O2. The number of carbonyl (C=O) groups is 1. The van der Waals surface area contributed by atoms with Crippen LogP contribution in [0.1, 0.15) is 36.2 Å². The molecular weight excluding hydrogens is 258 g/mol. The first kappa shape index (κ1) is 14.1. The van der Waals surface area contributed by atoms with Crippen LogP contribution in [0, 0.1) is 0 Å². The summed E-state index contributed by atoms with van der Waals surface area (Å²) in [5.41, 5.74) is 6.23. The van der Waals surface area contributed by atoms with Crippen LogP contribution in [0.2, 0.25) is 0 Å². The van der Waals surface area contributed by atoms with Crippen LogP contribution in [0.4, 0.5) is 5.82 Å². The number of imidazole rings is 1. The van der Waals surface area contributed by atoms with Crippen molar-refractivity contribution in [1.82, 2.24) is 19.3 Å². The van der Waals surface area contributed by atoms with E-state index in [1.54, 1.807) is 6.20 Å². The summed E-state index contributed by atoms with van der Waals surface area (Å²) >= 11 is 0. The molecule has 0 aromatic carbocycles. The molecule has 0 amide bonds. The van der Waals surface area contributed by atoms with Gasteiger partial charge in [-0.3, -0.25) is 4.68 Å². The molecule has 0 saturated carbocycles. The maximum absolute atomic E-state index is 11.7. The molecule has 1 atom stereocenters. The van der Waals surface area contributed by atoms with Gasteiger partial charge in [0.2, 0.25) is 0 Å². The standard InChI is InChI=1S/C13H19N5O2/c1-4-10-16-11(13(19)20-3)12(14)18(10)9(2)8-17-7-5-6-15-17/h5-7,9H,4,8,14H2,1-3H3. The third kappa shape index (κ3) is 2.52. The molecule has 0 bridgehead atoms. The number of esters is 1. The molecule has 0 saturated heterocycles. The Hall–Kier alpha value is -2.31. The fourth-order valence-electron chi connectivity index (χ4n) is 2.24. The largest absolute Gasteiger partial charge is 0.464 e. The zero-order valence-electron chi connectivity index (χ0n) is 11.9. The lowest BCUT2D eigenvalue weighted by Gasteiger charge is -2.17. The van der Waals surface area contributed by atoms with E-state index < -0.39 is 5.97 Å². The van der Waals surface area contributed by atoms with Crippen molar-refractivity contribution < 1.29 is 9.53 Å². The van der Waals surface area contributed by atoms with Gasteiger partial charge >= 0.3 is 5.97 Å². The smallest absolute Gasteiger partial charge is 0.360 e. The van der Waals surface area contributed by atoms with Crippen molar-refractivity contribution in [2.75, 3.05) is 12.8 Å². The second-order valence-electron chi connectivity index (χ2n) is 4.55. The van der Waals surface area contributed by atoms with Crippen LogP contribution in [-0.4, -0.2) is 32.4 Å². The predicted molar refractivity (Wildman–Crippen MR) is 74.3 cm³/mol. The topological polar surface area (TPSA) is 88.0 Å². The third-order valence-electron chi connectivity index (χ3n) is 3.17. The SMILES string of the molecule is CCc1nc(C(=O)OC)c(N)n1C(C)Cn1cccn1. The first-order chi connectivity index (χ1) is 9.58. The highest BCUT2D eigenvalue weighted by Gasteiger charge is 2.23. The molecule has 2 N–H and O–H groups in total. The molecule has 2 aromatic heterocycles. The third-order valence-corrected chi connectivity index (χ3v) is 3.17. The van der Waals surface area contributed by atoms with Gasteiger partial charge in [-0.05, 0) is 13.0 Å². The van der Waals surface area contributed by atoms with E-state index in [0.717, 1.165) is 5.82 Å². The van der Waals surface area contributed by atoms with Crippen molar-refractivity contribution in [3.8, 4) is 0 Å². The molecule has 0 fully saturated rings. The second-order valence-corrected chi connectivity index (χ2v) is 4.55. The van der Waals surface area contributed by atoms with Crippen LogP contribution >= 0.6 is 0 Å². The van der Waals surface area contributed by atoms with Gasteiger partial charge in [-0.1, -0.05) is 6.92 Å². The van der Waals surface area contributed by atoms with E-state index in [4.69, 9.17) is 10.5 Å². The number of methoxy groups -OCH3 is 1. The molecule has 0 aliphatic heterocycles. The Bertz CT molecular complexity index is 588. The molecule has 0 radical (unpaired) electrons. The van der Waals surface area contributed by atoms with Crippen molar-refractivity contribution in [3.63, 3.8) is 0 Å². The number of carbonyl (C=O) groups excluding carboxylic acids is 1. The van der Waals surface area contributed by atoms with Gasteiger partial charge in [-0.2, -0.15) is 5.10 Å². The van der Waals surface area contributed by atoms with Gasteiger partial charge in [0, 0.05) is 18.8 Å². The zero-order valence-corrected chi connectivity index (χ0v) is 11.9. The molecule has 0 aliphatic carbocycles. The average Bonchev–Trinajstić information content (AvgIpc) is 3.05. The Morgan fingerprint density at radius 3 is 2.85 bits per heavy atom. The average molecular weight is 277 g/mol. The lowest BCUT2D eigenvalue weighted by molar-refractivity contribution is 0.0595. The fraction of sp³-hybridized carbons (Fsp3) is 0.462. The number of nitrogens with two attached hydrogens (primary N) is 1. The van der Waals surface area contributed by atoms with Crippen LogP contribution < -0.4 is 5.73 Å². The number of nitrogen functional groups attached to an aromatic ring is 1. The summed E-state index contributed by atoms with van der Waals surface area (Å²) in [6.07, 6.45) is 4.30. The van der Waals surface area contributed by atoms with E-state index in [1.165, 1.54) is 7.11 Å². The highest BCUT2D eigenvalue weighted by atomic mass is 16.5. The maximum atomic E-state index is 11.7. The lowest BCUT2D eigenvalue weighted by atomic mass is 10.3. The molecule has 108 valence electrons. The minimum absolute atomic E-state index is 0.0377. The van der Waals surface area contributed by atoms with E-state index in [2.05, 4.69) is 10.1 Å². The molecule has 0 aliphatic rings. The number of nitrogens with zero attached hydrogens (tertiary/aromatic N) is 4. The van der Waals surface area contributed by atoms with E-state index in [-0.39, 0.29) is 11.7 Å². The summed E-state index contributed by atoms with van der Waals surface area (Å²) in [7, 11) is 1.32. The molecule has 7 nitrogen and oxygen atoms in total. The lowest BCUT2D eigenvalue weighted by Crippen LogP contribution is -2.18. The molecule has 20 heavy (non-hydrogen) atoms. The van der Waals surface area contributed by atoms with Gasteiger partial charge in [0.05, 0.1) is 19.7 Å². The maximum Gasteiger partial charge on any atom is 0.360 e. The Kier molecular flexibility index (Phi) is 4.07. The van der Waals surface area contributed by atoms with Gasteiger partial charge in [0.15, 0.2) is 5.69 Å². The number of rotatable bonds is 5. The number of hydrogen-bond donors (Lipinski definition) is 1. The molecule has 2 heterocycles. The van der Waals surface area contributed by atoms with Crippen LogP contribution in [0.15, 0.2) is 18.5 Å². The van der Waals surface area contributed by atoms with Crippen molar-refractivity contribution in [2.45, 2.75) is 32.9 Å². The number of anilines is 1. The zero-order chi connectivity index (χ0) is 14.7. The fourth-order valence-corrected chi connectivity index (χ4v) is 2.24. The van der Waals surface area contributed by atoms with Crippen LogP contribution in [0.25, 0.3) is 0 Å². The van der Waals surface area contributed by atoms with Crippen LogP contribution in [-0.2, 0) is 17.7 Å². The normalized spacial score (nSPS) is 12.3. The minimum Gasteiger partial charge on any atom is -0.464 e. The number of hydrogen-bond acceptors (Lipinski definition) is 5. The molecule has 2 aromatic rings. The van der Waals surface area contributed by atoms with Gasteiger partial charge in [0.1, 0.15) is 11.6 Å². The Morgan fingerprint density at radius 2 is 2.30 bits per heavy atom. The minimum atomic E-state index is -0.512. The van der Waals surface area contributed by atoms with Crippen LogP contribution in [0.5, 0.6) is 0 Å². The van der Waals surface area contributed by atoms with Crippen molar-refractivity contribution in [1.29, 1.82) is 0 Å². The summed E-state index contributed by atoms with van der Waals surface area (Å²) in [5.74, 6) is 0.596. The van der Waals surface area contributed by atoms with Crippen LogP contribution in [0.3, 0.4) is 0 Å².